The number of benzene rings is 2. The molecular weight excluding hydrogens is 417 g/mol. The van der Waals surface area contributed by atoms with Gasteiger partial charge in [-0.05, 0) is 66.3 Å². The minimum atomic E-state index is -4.33. The van der Waals surface area contributed by atoms with Gasteiger partial charge in [0.05, 0.1) is 11.5 Å². The van der Waals surface area contributed by atoms with Gasteiger partial charge in [0.15, 0.2) is 0 Å². The van der Waals surface area contributed by atoms with E-state index in [9.17, 15) is 18.0 Å². The molecule has 0 spiro atoms. The van der Waals surface area contributed by atoms with Crippen molar-refractivity contribution in [1.82, 2.24) is 10.2 Å². The SMILES string of the molecule is CNC(=O)C1CN(CC2=C(C)c3ccc(OCc4ccc(C(F)(F)F)cc4)cc3CC2)C1. The lowest BCUT2D eigenvalue weighted by atomic mass is 9.85. The number of aryl methyl sites for hydroxylation is 1. The summed E-state index contributed by atoms with van der Waals surface area (Å²) < 4.78 is 43.9. The minimum absolute atomic E-state index is 0.0983. The number of allylic oxidation sites excluding steroid dienone is 1. The molecule has 0 bridgehead atoms. The van der Waals surface area contributed by atoms with Crippen LogP contribution in [0.3, 0.4) is 0 Å². The van der Waals surface area contributed by atoms with Crippen molar-refractivity contribution in [3.05, 3.63) is 70.3 Å². The van der Waals surface area contributed by atoms with E-state index in [4.69, 9.17) is 4.74 Å². The topological polar surface area (TPSA) is 41.6 Å². The van der Waals surface area contributed by atoms with E-state index in [1.807, 2.05) is 12.1 Å². The van der Waals surface area contributed by atoms with E-state index in [1.165, 1.54) is 34.4 Å². The van der Waals surface area contributed by atoms with E-state index in [1.54, 1.807) is 7.05 Å². The lowest BCUT2D eigenvalue weighted by molar-refractivity contribution is -0.137. The highest BCUT2D eigenvalue weighted by Gasteiger charge is 2.33. The molecule has 1 heterocycles. The largest absolute Gasteiger partial charge is 0.489 e. The van der Waals surface area contributed by atoms with Gasteiger partial charge in [0, 0.05) is 26.7 Å². The van der Waals surface area contributed by atoms with Gasteiger partial charge in [-0.3, -0.25) is 9.69 Å². The minimum Gasteiger partial charge on any atom is -0.489 e. The Balaban J connectivity index is 1.37. The van der Waals surface area contributed by atoms with Gasteiger partial charge >= 0.3 is 6.18 Å². The summed E-state index contributed by atoms with van der Waals surface area (Å²) in [7, 11) is 1.68. The van der Waals surface area contributed by atoms with Crippen LogP contribution in [0.15, 0.2) is 48.0 Å². The first kappa shape index (κ1) is 22.4. The zero-order valence-corrected chi connectivity index (χ0v) is 18.3. The van der Waals surface area contributed by atoms with E-state index >= 15 is 0 Å². The molecule has 1 aliphatic carbocycles. The van der Waals surface area contributed by atoms with Gasteiger partial charge in [-0.25, -0.2) is 0 Å². The third-order valence-corrected chi connectivity index (χ3v) is 6.38. The second kappa shape index (κ2) is 8.98. The second-order valence-corrected chi connectivity index (χ2v) is 8.54. The molecule has 2 aromatic carbocycles. The quantitative estimate of drug-likeness (QED) is 0.703. The predicted molar refractivity (Wildman–Crippen MR) is 117 cm³/mol. The van der Waals surface area contributed by atoms with Crippen LogP contribution in [0.25, 0.3) is 5.57 Å². The van der Waals surface area contributed by atoms with Crippen molar-refractivity contribution in [2.75, 3.05) is 26.7 Å². The van der Waals surface area contributed by atoms with Crippen molar-refractivity contribution in [3.8, 4) is 5.75 Å². The average molecular weight is 444 g/mol. The van der Waals surface area contributed by atoms with Crippen LogP contribution in [0.5, 0.6) is 5.75 Å². The van der Waals surface area contributed by atoms with Crippen LogP contribution >= 0.6 is 0 Å². The number of hydrogen-bond donors (Lipinski definition) is 1. The number of carbonyl (C=O) groups excluding carboxylic acids is 1. The maximum Gasteiger partial charge on any atom is 0.416 e. The Kier molecular flexibility index (Phi) is 6.29. The summed E-state index contributed by atoms with van der Waals surface area (Å²) in [6, 6.07) is 11.1. The summed E-state index contributed by atoms with van der Waals surface area (Å²) in [5.74, 6) is 0.932. The molecule has 4 nitrogen and oxygen atoms in total. The molecule has 0 atom stereocenters. The van der Waals surface area contributed by atoms with E-state index < -0.39 is 11.7 Å². The summed E-state index contributed by atoms with van der Waals surface area (Å²) in [5, 5.41) is 2.71. The second-order valence-electron chi connectivity index (χ2n) is 8.54. The van der Waals surface area contributed by atoms with Gasteiger partial charge in [0.25, 0.3) is 0 Å². The van der Waals surface area contributed by atoms with Gasteiger partial charge in [0.2, 0.25) is 5.91 Å². The molecule has 1 aliphatic heterocycles. The first-order valence-electron chi connectivity index (χ1n) is 10.8. The number of amides is 1. The molecular formula is C25H27F3N2O2. The lowest BCUT2D eigenvalue weighted by Gasteiger charge is -2.39. The number of fused-ring (bicyclic) bond motifs is 1. The van der Waals surface area contributed by atoms with E-state index in [-0.39, 0.29) is 18.4 Å². The Hall–Kier alpha value is -2.80. The summed E-state index contributed by atoms with van der Waals surface area (Å²) in [5.41, 5.74) is 5.17. The van der Waals surface area contributed by atoms with Gasteiger partial charge in [-0.1, -0.05) is 23.8 Å². The monoisotopic (exact) mass is 444 g/mol. The highest BCUT2D eigenvalue weighted by molar-refractivity contribution is 5.79. The fourth-order valence-electron chi connectivity index (χ4n) is 4.39. The number of rotatable bonds is 6. The first-order chi connectivity index (χ1) is 15.2. The van der Waals surface area contributed by atoms with Crippen LogP contribution in [0.1, 0.15) is 35.6 Å². The highest BCUT2D eigenvalue weighted by atomic mass is 19.4. The molecule has 0 saturated carbocycles. The lowest BCUT2D eigenvalue weighted by Crippen LogP contribution is -2.53. The molecule has 1 amide bonds. The zero-order chi connectivity index (χ0) is 22.9. The molecule has 7 heteroatoms. The number of alkyl halides is 3. The standard InChI is InChI=1S/C25H27F3N2O2/c1-16-19(12-30-13-20(14-30)24(31)29-2)6-5-18-11-22(9-10-23(16)18)32-15-17-3-7-21(8-4-17)25(26,27)28/h3-4,7-11,20H,5-6,12-15H2,1-2H3,(H,29,31). The maximum absolute atomic E-state index is 12.7. The third kappa shape index (κ3) is 4.83. The maximum atomic E-state index is 12.7. The van der Waals surface area contributed by atoms with Gasteiger partial charge in [-0.2, -0.15) is 13.2 Å². The van der Waals surface area contributed by atoms with Crippen molar-refractivity contribution in [2.24, 2.45) is 5.92 Å². The Bertz CT molecular complexity index is 1020. The van der Waals surface area contributed by atoms with Crippen LogP contribution < -0.4 is 10.1 Å². The summed E-state index contributed by atoms with van der Waals surface area (Å²) in [4.78, 5) is 14.0. The van der Waals surface area contributed by atoms with Crippen LogP contribution in [0, 0.1) is 5.92 Å². The van der Waals surface area contributed by atoms with Crippen LogP contribution in [-0.4, -0.2) is 37.5 Å². The molecule has 1 fully saturated rings. The first-order valence-corrected chi connectivity index (χ1v) is 10.8. The van der Waals surface area contributed by atoms with E-state index in [2.05, 4.69) is 23.2 Å². The number of ether oxygens (including phenoxy) is 1. The van der Waals surface area contributed by atoms with Gasteiger partial charge in [0.1, 0.15) is 12.4 Å². The number of likely N-dealkylation sites (tertiary alicyclic amines) is 1. The fraction of sp³-hybridized carbons (Fsp3) is 0.400. The third-order valence-electron chi connectivity index (χ3n) is 6.38. The number of carbonyl (C=O) groups is 1. The number of nitrogens with one attached hydrogen (secondary N) is 1. The Labute approximate surface area is 186 Å². The molecule has 0 radical (unpaired) electrons. The van der Waals surface area contributed by atoms with Crippen LogP contribution in [-0.2, 0) is 24.0 Å². The molecule has 0 unspecified atom stereocenters. The fourth-order valence-corrected chi connectivity index (χ4v) is 4.39. The summed E-state index contributed by atoms with van der Waals surface area (Å²) in [6.07, 6.45) is -2.43. The molecule has 0 aromatic heterocycles. The van der Waals surface area contributed by atoms with Crippen molar-refractivity contribution < 1.29 is 22.7 Å². The van der Waals surface area contributed by atoms with Gasteiger partial charge in [-0.15, -0.1) is 0 Å². The molecule has 1 saturated heterocycles. The summed E-state index contributed by atoms with van der Waals surface area (Å²) >= 11 is 0. The van der Waals surface area contributed by atoms with Gasteiger partial charge < -0.3 is 10.1 Å². The van der Waals surface area contributed by atoms with Crippen molar-refractivity contribution >= 4 is 11.5 Å². The summed E-state index contributed by atoms with van der Waals surface area (Å²) in [6.45, 7) is 4.87. The van der Waals surface area contributed by atoms with E-state index in [0.29, 0.717) is 5.56 Å². The van der Waals surface area contributed by atoms with E-state index in [0.717, 1.165) is 50.4 Å². The number of hydrogen-bond acceptors (Lipinski definition) is 3. The predicted octanol–water partition coefficient (Wildman–Crippen LogP) is 4.68. The Morgan fingerprint density at radius 2 is 1.84 bits per heavy atom. The number of halogens is 3. The Morgan fingerprint density at radius 1 is 1.12 bits per heavy atom. The normalized spacial score (nSPS) is 17.0. The van der Waals surface area contributed by atoms with Crippen molar-refractivity contribution in [1.29, 1.82) is 0 Å². The molecule has 32 heavy (non-hydrogen) atoms. The molecule has 1 N–H and O–H groups in total. The smallest absolute Gasteiger partial charge is 0.416 e. The number of nitrogens with zero attached hydrogens (tertiary/aromatic N) is 1. The molecule has 4 rings (SSSR count). The highest BCUT2D eigenvalue weighted by Crippen LogP contribution is 2.35. The van der Waals surface area contributed by atoms with Crippen LogP contribution in [0.2, 0.25) is 0 Å². The van der Waals surface area contributed by atoms with Crippen LogP contribution in [0.4, 0.5) is 13.2 Å². The molecule has 2 aliphatic rings. The molecule has 170 valence electrons. The van der Waals surface area contributed by atoms with Crippen molar-refractivity contribution in [2.45, 2.75) is 32.5 Å². The average Bonchev–Trinajstić information content (AvgIpc) is 2.75. The van der Waals surface area contributed by atoms with Crippen molar-refractivity contribution in [3.63, 3.8) is 0 Å². The zero-order valence-electron chi connectivity index (χ0n) is 18.3. The molecule has 2 aromatic rings. The Morgan fingerprint density at radius 3 is 2.50 bits per heavy atom.